The van der Waals surface area contributed by atoms with Gasteiger partial charge in [-0.15, -0.1) is 0 Å². The summed E-state index contributed by atoms with van der Waals surface area (Å²) in [4.78, 5) is 0. The third kappa shape index (κ3) is 4.90. The second-order valence-corrected chi connectivity index (χ2v) is 9.99. The molecule has 10 heteroatoms. The van der Waals surface area contributed by atoms with Crippen molar-refractivity contribution in [3.63, 3.8) is 0 Å². The van der Waals surface area contributed by atoms with Gasteiger partial charge in [-0.2, -0.15) is 0 Å². The molecule has 14 atom stereocenters. The van der Waals surface area contributed by atoms with E-state index in [0.717, 1.165) is 12.8 Å². The molecule has 1 saturated carbocycles. The van der Waals surface area contributed by atoms with E-state index in [1.54, 1.807) is 0 Å². The van der Waals surface area contributed by atoms with Gasteiger partial charge in [0.05, 0.1) is 32.3 Å². The molecule has 4 aliphatic rings. The monoisotopic (exact) mass is 456 g/mol. The van der Waals surface area contributed by atoms with Crippen molar-refractivity contribution in [1.82, 2.24) is 0 Å². The van der Waals surface area contributed by atoms with Gasteiger partial charge in [0.2, 0.25) is 0 Å². The molecule has 0 bridgehead atoms. The van der Waals surface area contributed by atoms with Crippen molar-refractivity contribution >= 4 is 7.85 Å². The van der Waals surface area contributed by atoms with Crippen LogP contribution in [0.3, 0.4) is 0 Å². The van der Waals surface area contributed by atoms with E-state index in [9.17, 15) is 15.3 Å². The number of fused-ring (bicyclic) bond motifs is 1. The second-order valence-electron chi connectivity index (χ2n) is 9.99. The van der Waals surface area contributed by atoms with Gasteiger partial charge >= 0.3 is 0 Å². The SMILES string of the molecule is [2H]C[C@@H]1CC(O)[C@H](O[C@@H]2C(O)[C@H](C)CC(N)[C@H]2O[C@H]2OC3C(C)CCCO[C@H]3[C@H](O)C2[B])O1. The third-order valence-corrected chi connectivity index (χ3v) is 7.37. The van der Waals surface area contributed by atoms with Crippen molar-refractivity contribution in [1.29, 1.82) is 0 Å². The Labute approximate surface area is 192 Å². The van der Waals surface area contributed by atoms with Gasteiger partial charge in [0, 0.05) is 26.3 Å². The summed E-state index contributed by atoms with van der Waals surface area (Å²) >= 11 is 0. The number of hydrogen-bond acceptors (Lipinski definition) is 9. The van der Waals surface area contributed by atoms with Crippen LogP contribution >= 0.6 is 0 Å². The summed E-state index contributed by atoms with van der Waals surface area (Å²) < 4.78 is 37.5. The minimum atomic E-state index is -0.991. The zero-order valence-corrected chi connectivity index (χ0v) is 18.9. The highest BCUT2D eigenvalue weighted by atomic mass is 16.7. The highest BCUT2D eigenvalue weighted by Gasteiger charge is 2.51. The Morgan fingerprint density at radius 3 is 2.44 bits per heavy atom. The fourth-order valence-electron chi connectivity index (χ4n) is 5.41. The van der Waals surface area contributed by atoms with Gasteiger partial charge in [-0.3, -0.25) is 0 Å². The third-order valence-electron chi connectivity index (χ3n) is 7.37. The van der Waals surface area contributed by atoms with Crippen LogP contribution in [-0.2, 0) is 23.7 Å². The second kappa shape index (κ2) is 10.1. The fraction of sp³-hybridized carbons (Fsp3) is 1.00. The van der Waals surface area contributed by atoms with E-state index < -0.39 is 67.2 Å². The summed E-state index contributed by atoms with van der Waals surface area (Å²) in [5, 5.41) is 32.1. The van der Waals surface area contributed by atoms with E-state index in [4.69, 9.17) is 38.6 Å². The lowest BCUT2D eigenvalue weighted by Crippen LogP contribution is -2.62. The Bertz CT molecular complexity index is 652. The molecule has 0 spiro atoms. The first-order chi connectivity index (χ1) is 15.7. The standard InChI is InChI=1S/C22H38BNO8/c1-9-5-4-6-28-19-16(27)14(23)22(30-17(9)19)31-18-12(24)7-10(2)15(26)20(18)32-21-13(25)8-11(3)29-21/h9-22,25-27H,4-8,24H2,1-3H3/t9?,10-,11-,12?,13?,14?,15?,16-,17?,18-,19+,20-,21+,22-/m1/s1/i3D. The molecule has 4 fully saturated rings. The Kier molecular flexibility index (Phi) is 7.43. The largest absolute Gasteiger partial charge is 0.391 e. The van der Waals surface area contributed by atoms with Crippen LogP contribution in [-0.4, -0.2) is 97.2 Å². The molecule has 0 aromatic carbocycles. The molecule has 3 heterocycles. The molecule has 32 heavy (non-hydrogen) atoms. The number of ether oxygens (including phenoxy) is 5. The predicted octanol–water partition coefficient (Wildman–Crippen LogP) is -0.161. The molecular formula is C22H38BNO8. The number of nitrogens with two attached hydrogens (primary N) is 1. The van der Waals surface area contributed by atoms with Gasteiger partial charge in [0.25, 0.3) is 0 Å². The van der Waals surface area contributed by atoms with Crippen LogP contribution in [0.4, 0.5) is 0 Å². The van der Waals surface area contributed by atoms with E-state index in [0.29, 0.717) is 13.0 Å². The Balaban J connectivity index is 1.51. The van der Waals surface area contributed by atoms with Gasteiger partial charge in [0.15, 0.2) is 12.6 Å². The Morgan fingerprint density at radius 2 is 1.72 bits per heavy atom. The fourth-order valence-corrected chi connectivity index (χ4v) is 5.41. The summed E-state index contributed by atoms with van der Waals surface area (Å²) in [6.07, 6.45) is -5.27. The highest BCUT2D eigenvalue weighted by Crippen LogP contribution is 2.40. The summed E-state index contributed by atoms with van der Waals surface area (Å²) in [5.41, 5.74) is 6.43. The molecular weight excluding hydrogens is 417 g/mol. The highest BCUT2D eigenvalue weighted by molar-refractivity contribution is 6.12. The molecule has 3 aliphatic heterocycles. The average molecular weight is 456 g/mol. The molecule has 1 aliphatic carbocycles. The van der Waals surface area contributed by atoms with Crippen molar-refractivity contribution < 1.29 is 40.4 Å². The van der Waals surface area contributed by atoms with Crippen molar-refractivity contribution in [3.8, 4) is 0 Å². The van der Waals surface area contributed by atoms with Crippen LogP contribution in [0.5, 0.6) is 0 Å². The lowest BCUT2D eigenvalue weighted by atomic mass is 9.74. The smallest absolute Gasteiger partial charge is 0.184 e. The lowest BCUT2D eigenvalue weighted by Gasteiger charge is -2.49. The topological polar surface area (TPSA) is 133 Å². The maximum atomic E-state index is 10.9. The van der Waals surface area contributed by atoms with Crippen LogP contribution in [0.15, 0.2) is 0 Å². The van der Waals surface area contributed by atoms with E-state index in [-0.39, 0.29) is 31.3 Å². The van der Waals surface area contributed by atoms with Gasteiger partial charge < -0.3 is 44.7 Å². The minimum absolute atomic E-state index is 0.00541. The molecule has 3 saturated heterocycles. The molecule has 6 unspecified atom stereocenters. The number of aliphatic hydroxyl groups is 3. The summed E-state index contributed by atoms with van der Waals surface area (Å²) in [7, 11) is 6.31. The summed E-state index contributed by atoms with van der Waals surface area (Å²) in [5.74, 6) is -0.893. The van der Waals surface area contributed by atoms with Crippen LogP contribution in [0.2, 0.25) is 5.82 Å². The number of hydrogen-bond donors (Lipinski definition) is 4. The normalized spacial score (nSPS) is 55.1. The molecule has 182 valence electrons. The first kappa shape index (κ1) is 23.4. The van der Waals surface area contributed by atoms with Crippen molar-refractivity contribution in [3.05, 3.63) is 0 Å². The van der Waals surface area contributed by atoms with Gasteiger partial charge in [-0.05, 0) is 38.0 Å². The Hall–Kier alpha value is -0.295. The first-order valence-corrected chi connectivity index (χ1v) is 11.8. The van der Waals surface area contributed by atoms with Crippen molar-refractivity contribution in [2.45, 2.75) is 120 Å². The van der Waals surface area contributed by atoms with Crippen LogP contribution in [0, 0.1) is 11.8 Å². The summed E-state index contributed by atoms with van der Waals surface area (Å²) in [6, 6.07) is -0.493. The maximum Gasteiger partial charge on any atom is 0.184 e. The summed E-state index contributed by atoms with van der Waals surface area (Å²) in [6.45, 7) is 4.47. The zero-order valence-electron chi connectivity index (χ0n) is 19.9. The van der Waals surface area contributed by atoms with Crippen LogP contribution < -0.4 is 5.73 Å². The van der Waals surface area contributed by atoms with Gasteiger partial charge in [-0.25, -0.2) is 0 Å². The molecule has 0 aromatic rings. The Morgan fingerprint density at radius 1 is 0.969 bits per heavy atom. The van der Waals surface area contributed by atoms with E-state index in [2.05, 4.69) is 6.92 Å². The quantitative estimate of drug-likeness (QED) is 0.426. The van der Waals surface area contributed by atoms with Gasteiger partial charge in [0.1, 0.15) is 24.4 Å². The lowest BCUT2D eigenvalue weighted by molar-refractivity contribution is -0.309. The first-order valence-electron chi connectivity index (χ1n) is 12.5. The van der Waals surface area contributed by atoms with Crippen LogP contribution in [0.25, 0.3) is 0 Å². The van der Waals surface area contributed by atoms with Gasteiger partial charge in [-0.1, -0.05) is 13.8 Å². The molecule has 0 amide bonds. The molecule has 2 radical (unpaired) electrons. The average Bonchev–Trinajstić information content (AvgIpc) is 3.03. The van der Waals surface area contributed by atoms with E-state index in [1.165, 1.54) is 0 Å². The zero-order chi connectivity index (χ0) is 23.9. The number of rotatable bonds is 4. The van der Waals surface area contributed by atoms with E-state index in [1.807, 2.05) is 6.92 Å². The van der Waals surface area contributed by atoms with Crippen molar-refractivity contribution in [2.75, 3.05) is 6.61 Å². The minimum Gasteiger partial charge on any atom is -0.391 e. The molecule has 0 aromatic heterocycles. The molecule has 5 N–H and O–H groups in total. The molecule has 4 rings (SSSR count). The van der Waals surface area contributed by atoms with Crippen LogP contribution in [0.1, 0.15) is 47.8 Å². The maximum absolute atomic E-state index is 10.9. The number of aliphatic hydroxyl groups excluding tert-OH is 3. The van der Waals surface area contributed by atoms with Crippen molar-refractivity contribution in [2.24, 2.45) is 17.6 Å². The molecule has 9 nitrogen and oxygen atoms in total. The van der Waals surface area contributed by atoms with E-state index >= 15 is 0 Å². The predicted molar refractivity (Wildman–Crippen MR) is 115 cm³/mol.